The van der Waals surface area contributed by atoms with Crippen LogP contribution in [-0.4, -0.2) is 5.11 Å². The number of halogens is 2. The van der Waals surface area contributed by atoms with Gasteiger partial charge >= 0.3 is 0 Å². The third-order valence-electron chi connectivity index (χ3n) is 2.42. The highest BCUT2D eigenvalue weighted by atomic mass is 35.5. The minimum absolute atomic E-state index is 0.306. The predicted octanol–water partition coefficient (Wildman–Crippen LogP) is 4.17. The van der Waals surface area contributed by atoms with Crippen LogP contribution in [0.3, 0.4) is 0 Å². The average Bonchev–Trinajstić information content (AvgIpc) is 2.72. The second-order valence-corrected chi connectivity index (χ2v) is 5.65. The Morgan fingerprint density at radius 2 is 2.17 bits per heavy atom. The Labute approximate surface area is 114 Å². The minimum atomic E-state index is -0.701. The number of aliphatic hydroxyl groups is 1. The van der Waals surface area contributed by atoms with Gasteiger partial charge in [0.25, 0.3) is 0 Å². The maximum atomic E-state index is 13.2. The van der Waals surface area contributed by atoms with Crippen LogP contribution in [0.2, 0.25) is 4.34 Å². The van der Waals surface area contributed by atoms with E-state index in [1.165, 1.54) is 29.5 Å². The molecule has 1 atom stereocenters. The number of ether oxygens (including phenoxy) is 1. The summed E-state index contributed by atoms with van der Waals surface area (Å²) in [6, 6.07) is 7.74. The van der Waals surface area contributed by atoms with E-state index < -0.39 is 11.9 Å². The fourth-order valence-electron chi connectivity index (χ4n) is 1.56. The molecule has 0 aliphatic rings. The summed E-state index contributed by atoms with van der Waals surface area (Å²) in [5.74, 6) is -0.0341. The van der Waals surface area contributed by atoms with Crippen LogP contribution in [0.1, 0.15) is 23.5 Å². The van der Waals surface area contributed by atoms with Gasteiger partial charge < -0.3 is 9.84 Å². The molecule has 2 aromatic rings. The van der Waals surface area contributed by atoms with Crippen LogP contribution in [0.25, 0.3) is 0 Å². The summed E-state index contributed by atoms with van der Waals surface area (Å²) in [7, 11) is 0. The number of rotatable bonds is 4. The Morgan fingerprint density at radius 3 is 2.78 bits per heavy atom. The molecule has 1 aromatic carbocycles. The molecule has 0 amide bonds. The molecule has 96 valence electrons. The standard InChI is InChI=1S/C13H12ClFO2S/c1-8(16)11-4-2-9(15)6-12(11)17-7-10-3-5-13(14)18-10/h2-6,8,16H,7H2,1H3. The van der Waals surface area contributed by atoms with Crippen molar-refractivity contribution < 1.29 is 14.2 Å². The van der Waals surface area contributed by atoms with Crippen molar-refractivity contribution in [3.8, 4) is 5.75 Å². The zero-order valence-corrected chi connectivity index (χ0v) is 11.3. The first-order valence-electron chi connectivity index (χ1n) is 5.41. The Hall–Kier alpha value is -1.10. The van der Waals surface area contributed by atoms with Gasteiger partial charge in [-0.15, -0.1) is 11.3 Å². The fourth-order valence-corrected chi connectivity index (χ4v) is 2.56. The first kappa shape index (κ1) is 13.3. The van der Waals surface area contributed by atoms with E-state index in [0.717, 1.165) is 4.88 Å². The Bertz CT molecular complexity index is 540. The van der Waals surface area contributed by atoms with Crippen molar-refractivity contribution >= 4 is 22.9 Å². The number of thiophene rings is 1. The van der Waals surface area contributed by atoms with Gasteiger partial charge in [0.15, 0.2) is 0 Å². The highest BCUT2D eigenvalue weighted by Crippen LogP contribution is 2.28. The third kappa shape index (κ3) is 3.22. The van der Waals surface area contributed by atoms with Gasteiger partial charge in [-0.05, 0) is 31.2 Å². The third-order valence-corrected chi connectivity index (χ3v) is 3.63. The fraction of sp³-hybridized carbons (Fsp3) is 0.231. The lowest BCUT2D eigenvalue weighted by molar-refractivity contribution is 0.190. The van der Waals surface area contributed by atoms with Crippen molar-refractivity contribution in [2.24, 2.45) is 0 Å². The summed E-state index contributed by atoms with van der Waals surface area (Å²) in [4.78, 5) is 0.945. The average molecular weight is 287 g/mol. The lowest BCUT2D eigenvalue weighted by Gasteiger charge is -2.12. The molecule has 1 aromatic heterocycles. The number of benzene rings is 1. The molecule has 0 spiro atoms. The number of hydrogen-bond donors (Lipinski definition) is 1. The van der Waals surface area contributed by atoms with Crippen LogP contribution < -0.4 is 4.74 Å². The van der Waals surface area contributed by atoms with Gasteiger partial charge in [0.1, 0.15) is 18.2 Å². The zero-order chi connectivity index (χ0) is 13.1. The quantitative estimate of drug-likeness (QED) is 0.914. The molecule has 0 aliphatic carbocycles. The van der Waals surface area contributed by atoms with Gasteiger partial charge in [-0.25, -0.2) is 4.39 Å². The molecule has 0 fully saturated rings. The first-order chi connectivity index (χ1) is 8.56. The summed E-state index contributed by atoms with van der Waals surface area (Å²) in [5, 5.41) is 9.58. The maximum absolute atomic E-state index is 13.2. The van der Waals surface area contributed by atoms with Crippen molar-refractivity contribution in [2.45, 2.75) is 19.6 Å². The summed E-state index contributed by atoms with van der Waals surface area (Å²) in [6.45, 7) is 1.92. The molecule has 1 N–H and O–H groups in total. The van der Waals surface area contributed by atoms with E-state index >= 15 is 0 Å². The van der Waals surface area contributed by atoms with Gasteiger partial charge in [-0.3, -0.25) is 0 Å². The summed E-state index contributed by atoms with van der Waals surface area (Å²) in [6.07, 6.45) is -0.701. The monoisotopic (exact) mass is 286 g/mol. The summed E-state index contributed by atoms with van der Waals surface area (Å²) < 4.78 is 19.4. The van der Waals surface area contributed by atoms with Crippen molar-refractivity contribution in [3.05, 3.63) is 50.9 Å². The molecule has 5 heteroatoms. The predicted molar refractivity (Wildman–Crippen MR) is 70.7 cm³/mol. The highest BCUT2D eigenvalue weighted by molar-refractivity contribution is 7.16. The second-order valence-electron chi connectivity index (χ2n) is 3.85. The van der Waals surface area contributed by atoms with E-state index in [2.05, 4.69) is 0 Å². The molecule has 0 saturated carbocycles. The van der Waals surface area contributed by atoms with Crippen LogP contribution in [-0.2, 0) is 6.61 Å². The molecular formula is C13H12ClFO2S. The summed E-state index contributed by atoms with van der Waals surface area (Å²) in [5.41, 5.74) is 0.569. The van der Waals surface area contributed by atoms with E-state index in [4.69, 9.17) is 16.3 Å². The van der Waals surface area contributed by atoms with E-state index in [-0.39, 0.29) is 0 Å². The van der Waals surface area contributed by atoms with E-state index in [0.29, 0.717) is 22.3 Å². The number of aliphatic hydroxyl groups excluding tert-OH is 1. The van der Waals surface area contributed by atoms with Crippen molar-refractivity contribution in [3.63, 3.8) is 0 Å². The van der Waals surface area contributed by atoms with Crippen molar-refractivity contribution in [1.82, 2.24) is 0 Å². The smallest absolute Gasteiger partial charge is 0.128 e. The lowest BCUT2D eigenvalue weighted by Crippen LogP contribution is -2.00. The molecule has 18 heavy (non-hydrogen) atoms. The maximum Gasteiger partial charge on any atom is 0.128 e. The zero-order valence-electron chi connectivity index (χ0n) is 9.69. The Balaban J connectivity index is 2.15. The molecule has 0 saturated heterocycles. The van der Waals surface area contributed by atoms with Crippen LogP contribution >= 0.6 is 22.9 Å². The van der Waals surface area contributed by atoms with Crippen LogP contribution in [0.5, 0.6) is 5.75 Å². The minimum Gasteiger partial charge on any atom is -0.488 e. The second kappa shape index (κ2) is 5.69. The van der Waals surface area contributed by atoms with Gasteiger partial charge in [-0.1, -0.05) is 11.6 Å². The summed E-state index contributed by atoms with van der Waals surface area (Å²) >= 11 is 7.22. The van der Waals surface area contributed by atoms with Gasteiger partial charge in [0, 0.05) is 16.5 Å². The molecular weight excluding hydrogens is 275 g/mol. The molecule has 2 nitrogen and oxygen atoms in total. The Morgan fingerprint density at radius 1 is 1.39 bits per heavy atom. The lowest BCUT2D eigenvalue weighted by atomic mass is 10.1. The molecule has 1 unspecified atom stereocenters. The van der Waals surface area contributed by atoms with E-state index in [1.54, 1.807) is 13.0 Å². The van der Waals surface area contributed by atoms with Gasteiger partial charge in [0.05, 0.1) is 10.4 Å². The Kier molecular flexibility index (Phi) is 4.22. The largest absolute Gasteiger partial charge is 0.488 e. The topological polar surface area (TPSA) is 29.5 Å². The SMILES string of the molecule is CC(O)c1ccc(F)cc1OCc1ccc(Cl)s1. The molecule has 2 rings (SSSR count). The van der Waals surface area contributed by atoms with Crippen LogP contribution in [0.4, 0.5) is 4.39 Å². The molecule has 0 radical (unpaired) electrons. The van der Waals surface area contributed by atoms with E-state index in [1.807, 2.05) is 6.07 Å². The first-order valence-corrected chi connectivity index (χ1v) is 6.60. The van der Waals surface area contributed by atoms with Gasteiger partial charge in [-0.2, -0.15) is 0 Å². The van der Waals surface area contributed by atoms with Crippen molar-refractivity contribution in [1.29, 1.82) is 0 Å². The van der Waals surface area contributed by atoms with Crippen LogP contribution in [0, 0.1) is 5.82 Å². The highest BCUT2D eigenvalue weighted by Gasteiger charge is 2.11. The normalized spacial score (nSPS) is 12.4. The number of hydrogen-bond acceptors (Lipinski definition) is 3. The van der Waals surface area contributed by atoms with Crippen LogP contribution in [0.15, 0.2) is 30.3 Å². The van der Waals surface area contributed by atoms with Crippen molar-refractivity contribution in [2.75, 3.05) is 0 Å². The molecule has 0 aliphatic heterocycles. The van der Waals surface area contributed by atoms with Gasteiger partial charge in [0.2, 0.25) is 0 Å². The molecule has 1 heterocycles. The van der Waals surface area contributed by atoms with E-state index in [9.17, 15) is 9.50 Å². The molecule has 0 bridgehead atoms.